The second-order valence-electron chi connectivity index (χ2n) is 8.99. The van der Waals surface area contributed by atoms with Crippen molar-refractivity contribution in [2.75, 3.05) is 0 Å². The average molecular weight is 352 g/mol. The highest BCUT2D eigenvalue weighted by atomic mass is 14.3. The maximum Gasteiger partial charge on any atom is 0.0655 e. The van der Waals surface area contributed by atoms with E-state index in [1.165, 1.54) is 81.8 Å². The molecule has 0 atom stereocenters. The third-order valence-electron chi connectivity index (χ3n) is 7.13. The zero-order valence-corrected chi connectivity index (χ0v) is 16.8. The molecule has 0 heterocycles. The predicted molar refractivity (Wildman–Crippen MR) is 110 cm³/mol. The first-order chi connectivity index (χ1) is 12.8. The van der Waals surface area contributed by atoms with Crippen LogP contribution in [-0.4, -0.2) is 0 Å². The smallest absolute Gasteiger partial charge is 0.0655 e. The van der Waals surface area contributed by atoms with Crippen LogP contribution in [0.3, 0.4) is 0 Å². The second-order valence-corrected chi connectivity index (χ2v) is 8.99. The molecule has 2 aliphatic rings. The van der Waals surface area contributed by atoms with E-state index in [0.29, 0.717) is 11.8 Å². The van der Waals surface area contributed by atoms with E-state index in [2.05, 4.69) is 37.3 Å². The van der Waals surface area contributed by atoms with Gasteiger partial charge in [-0.1, -0.05) is 76.1 Å². The summed E-state index contributed by atoms with van der Waals surface area (Å²) in [6.07, 6.45) is 17.4. The molecule has 0 unspecified atom stereocenters. The summed E-state index contributed by atoms with van der Waals surface area (Å²) in [5, 5.41) is 9.05. The van der Waals surface area contributed by atoms with E-state index in [4.69, 9.17) is 5.26 Å². The molecule has 0 spiro atoms. The van der Waals surface area contributed by atoms with Crippen LogP contribution >= 0.6 is 0 Å². The van der Waals surface area contributed by atoms with Crippen LogP contribution in [0, 0.1) is 29.1 Å². The van der Waals surface area contributed by atoms with Crippen molar-refractivity contribution in [1.82, 2.24) is 0 Å². The zero-order valence-electron chi connectivity index (χ0n) is 16.8. The quantitative estimate of drug-likeness (QED) is 0.501. The van der Waals surface area contributed by atoms with Crippen LogP contribution in [0.5, 0.6) is 0 Å². The number of hydrogen-bond acceptors (Lipinski definition) is 1. The van der Waals surface area contributed by atoms with E-state index in [1.54, 1.807) is 0 Å². The van der Waals surface area contributed by atoms with Crippen LogP contribution in [0.2, 0.25) is 0 Å². The number of unbranched alkanes of at least 4 members (excludes halogenated alkanes) is 1. The summed E-state index contributed by atoms with van der Waals surface area (Å²) in [5.41, 5.74) is 3.02. The van der Waals surface area contributed by atoms with E-state index in [9.17, 15) is 0 Å². The second kappa shape index (κ2) is 10.1. The number of nitriles is 1. The highest BCUT2D eigenvalue weighted by Gasteiger charge is 2.22. The highest BCUT2D eigenvalue weighted by molar-refractivity contribution is 5.26. The number of benzene rings is 1. The van der Waals surface area contributed by atoms with Crippen LogP contribution in [-0.2, 0) is 6.42 Å². The molecule has 0 radical (unpaired) electrons. The van der Waals surface area contributed by atoms with Gasteiger partial charge in [0.1, 0.15) is 0 Å². The third kappa shape index (κ3) is 5.60. The third-order valence-corrected chi connectivity index (χ3v) is 7.13. The van der Waals surface area contributed by atoms with Crippen LogP contribution in [0.4, 0.5) is 0 Å². The van der Waals surface area contributed by atoms with Crippen molar-refractivity contribution in [3.05, 3.63) is 35.4 Å². The molecular weight excluding hydrogens is 314 g/mol. The molecule has 0 bridgehead atoms. The molecule has 142 valence electrons. The van der Waals surface area contributed by atoms with Gasteiger partial charge in [0.25, 0.3) is 0 Å². The minimum Gasteiger partial charge on any atom is -0.198 e. The summed E-state index contributed by atoms with van der Waals surface area (Å²) >= 11 is 0. The summed E-state index contributed by atoms with van der Waals surface area (Å²) in [6.45, 7) is 2.31. The van der Waals surface area contributed by atoms with Crippen molar-refractivity contribution in [3.63, 3.8) is 0 Å². The minimum atomic E-state index is 0.308. The SMILES string of the molecule is CCCCC1CCC(CCc2ccc(C3CCC(C#N)CC3)cc2)CC1. The normalized spacial score (nSPS) is 29.2. The Kier molecular flexibility index (Phi) is 7.60. The molecule has 2 fully saturated rings. The van der Waals surface area contributed by atoms with Crippen molar-refractivity contribution in [2.24, 2.45) is 17.8 Å². The fourth-order valence-corrected chi connectivity index (χ4v) is 5.18. The van der Waals surface area contributed by atoms with Gasteiger partial charge in [0.2, 0.25) is 0 Å². The first-order valence-corrected chi connectivity index (χ1v) is 11.3. The lowest BCUT2D eigenvalue weighted by molar-refractivity contribution is 0.250. The van der Waals surface area contributed by atoms with Gasteiger partial charge in [0.15, 0.2) is 0 Å². The van der Waals surface area contributed by atoms with E-state index < -0.39 is 0 Å². The maximum absolute atomic E-state index is 9.05. The van der Waals surface area contributed by atoms with E-state index in [-0.39, 0.29) is 0 Å². The Balaban J connectivity index is 1.39. The molecule has 26 heavy (non-hydrogen) atoms. The summed E-state index contributed by atoms with van der Waals surface area (Å²) < 4.78 is 0. The lowest BCUT2D eigenvalue weighted by Crippen LogP contribution is -2.15. The number of nitrogens with zero attached hydrogens (tertiary/aromatic N) is 1. The molecule has 0 amide bonds. The Morgan fingerprint density at radius 1 is 0.846 bits per heavy atom. The largest absolute Gasteiger partial charge is 0.198 e. The van der Waals surface area contributed by atoms with Gasteiger partial charge in [-0.3, -0.25) is 0 Å². The number of aryl methyl sites for hydroxylation is 1. The van der Waals surface area contributed by atoms with Crippen LogP contribution < -0.4 is 0 Å². The Morgan fingerprint density at radius 2 is 1.46 bits per heavy atom. The molecule has 2 aliphatic carbocycles. The summed E-state index contributed by atoms with van der Waals surface area (Å²) in [5.74, 6) is 2.99. The topological polar surface area (TPSA) is 23.8 Å². The van der Waals surface area contributed by atoms with Crippen molar-refractivity contribution in [2.45, 2.75) is 96.3 Å². The minimum absolute atomic E-state index is 0.308. The average Bonchev–Trinajstić information content (AvgIpc) is 2.72. The summed E-state index contributed by atoms with van der Waals surface area (Å²) in [4.78, 5) is 0. The van der Waals surface area contributed by atoms with Gasteiger partial charge < -0.3 is 0 Å². The van der Waals surface area contributed by atoms with Gasteiger partial charge in [0.05, 0.1) is 6.07 Å². The first-order valence-electron chi connectivity index (χ1n) is 11.3. The van der Waals surface area contributed by atoms with E-state index in [0.717, 1.165) is 24.7 Å². The molecule has 3 rings (SSSR count). The van der Waals surface area contributed by atoms with Gasteiger partial charge in [-0.15, -0.1) is 0 Å². The number of hydrogen-bond donors (Lipinski definition) is 0. The molecule has 0 aliphatic heterocycles. The van der Waals surface area contributed by atoms with Crippen molar-refractivity contribution < 1.29 is 0 Å². The van der Waals surface area contributed by atoms with Gasteiger partial charge in [-0.2, -0.15) is 5.26 Å². The molecule has 0 N–H and O–H groups in total. The zero-order chi connectivity index (χ0) is 18.2. The van der Waals surface area contributed by atoms with Crippen LogP contribution in [0.15, 0.2) is 24.3 Å². The van der Waals surface area contributed by atoms with Crippen molar-refractivity contribution >= 4 is 0 Å². The Labute approximate surface area is 161 Å². The standard InChI is InChI=1S/C25H37N/c1-2-3-4-20-5-7-21(8-6-20)9-10-22-11-15-24(16-12-22)25-17-13-23(19-26)14-18-25/h11-12,15-16,20-21,23,25H,2-10,13-14,17-18H2,1H3. The molecule has 1 heteroatoms. The molecule has 1 aromatic carbocycles. The lowest BCUT2D eigenvalue weighted by Gasteiger charge is -2.28. The van der Waals surface area contributed by atoms with E-state index >= 15 is 0 Å². The summed E-state index contributed by atoms with van der Waals surface area (Å²) in [6, 6.07) is 11.9. The Bertz CT molecular complexity index is 551. The number of rotatable bonds is 7. The van der Waals surface area contributed by atoms with Crippen LogP contribution in [0.1, 0.15) is 101 Å². The molecule has 0 aromatic heterocycles. The van der Waals surface area contributed by atoms with Crippen molar-refractivity contribution in [3.8, 4) is 6.07 Å². The van der Waals surface area contributed by atoms with E-state index in [1.807, 2.05) is 0 Å². The molecular formula is C25H37N. The van der Waals surface area contributed by atoms with Gasteiger partial charge in [0, 0.05) is 5.92 Å². The predicted octanol–water partition coefficient (Wildman–Crippen LogP) is 7.41. The van der Waals surface area contributed by atoms with Crippen molar-refractivity contribution in [1.29, 1.82) is 5.26 Å². The highest BCUT2D eigenvalue weighted by Crippen LogP contribution is 2.36. The molecule has 1 nitrogen and oxygen atoms in total. The summed E-state index contributed by atoms with van der Waals surface area (Å²) in [7, 11) is 0. The lowest BCUT2D eigenvalue weighted by atomic mass is 9.77. The maximum atomic E-state index is 9.05. The Hall–Kier alpha value is -1.29. The fourth-order valence-electron chi connectivity index (χ4n) is 5.18. The van der Waals surface area contributed by atoms with Gasteiger partial charge >= 0.3 is 0 Å². The monoisotopic (exact) mass is 351 g/mol. The van der Waals surface area contributed by atoms with Crippen LogP contribution in [0.25, 0.3) is 0 Å². The Morgan fingerprint density at radius 3 is 2.04 bits per heavy atom. The fraction of sp³-hybridized carbons (Fsp3) is 0.720. The first kappa shape index (κ1) is 19.5. The molecule has 2 saturated carbocycles. The van der Waals surface area contributed by atoms with Gasteiger partial charge in [-0.05, 0) is 67.4 Å². The molecule has 1 aromatic rings. The van der Waals surface area contributed by atoms with Gasteiger partial charge in [-0.25, -0.2) is 0 Å². The molecule has 0 saturated heterocycles.